The van der Waals surface area contributed by atoms with Gasteiger partial charge in [-0.1, -0.05) is 6.92 Å². The van der Waals surface area contributed by atoms with Gasteiger partial charge >= 0.3 is 0 Å². The largest absolute Gasteiger partial charge is 0.497 e. The van der Waals surface area contributed by atoms with E-state index in [1.165, 1.54) is 0 Å². The Bertz CT molecular complexity index is 546. The summed E-state index contributed by atoms with van der Waals surface area (Å²) in [5.41, 5.74) is 1.14. The van der Waals surface area contributed by atoms with E-state index in [4.69, 9.17) is 4.74 Å². The van der Waals surface area contributed by atoms with Crippen molar-refractivity contribution < 1.29 is 9.53 Å². The van der Waals surface area contributed by atoms with Crippen molar-refractivity contribution in [3.63, 3.8) is 0 Å². The Hall–Kier alpha value is -2.30. The van der Waals surface area contributed by atoms with Crippen LogP contribution >= 0.6 is 0 Å². The maximum Gasteiger partial charge on any atom is 0.276 e. The summed E-state index contributed by atoms with van der Waals surface area (Å²) < 4.78 is 6.83. The third kappa shape index (κ3) is 3.34. The molecule has 0 bridgehead atoms. The number of amides is 1. The number of carbonyl (C=O) groups excluding carboxylic acids is 1. The summed E-state index contributed by atoms with van der Waals surface area (Å²) in [7, 11) is 1.61. The van der Waals surface area contributed by atoms with E-state index in [0.29, 0.717) is 5.69 Å². The van der Waals surface area contributed by atoms with Crippen molar-refractivity contribution in [1.82, 2.24) is 9.78 Å². The molecular weight excluding hydrogens is 242 g/mol. The van der Waals surface area contributed by atoms with Crippen LogP contribution in [0.5, 0.6) is 5.75 Å². The number of benzene rings is 1. The van der Waals surface area contributed by atoms with Gasteiger partial charge in [0.25, 0.3) is 5.91 Å². The standard InChI is InChI=1S/C14H17N3O2/c1-3-9-17-10-8-13(16-17)14(18)15-11-4-6-12(19-2)7-5-11/h4-8,10H,3,9H2,1-2H3,(H,15,18). The lowest BCUT2D eigenvalue weighted by Crippen LogP contribution is -2.13. The first-order valence-electron chi connectivity index (χ1n) is 6.22. The normalized spacial score (nSPS) is 10.2. The lowest BCUT2D eigenvalue weighted by molar-refractivity contribution is 0.102. The summed E-state index contributed by atoms with van der Waals surface area (Å²) in [6.07, 6.45) is 2.80. The maximum absolute atomic E-state index is 12.0. The van der Waals surface area contributed by atoms with E-state index < -0.39 is 0 Å². The number of hydrogen-bond donors (Lipinski definition) is 1. The minimum Gasteiger partial charge on any atom is -0.497 e. The Kier molecular flexibility index (Phi) is 4.18. The number of ether oxygens (including phenoxy) is 1. The third-order valence-corrected chi connectivity index (χ3v) is 2.67. The molecule has 0 unspecified atom stereocenters. The average molecular weight is 259 g/mol. The zero-order valence-electron chi connectivity index (χ0n) is 11.1. The Morgan fingerprint density at radius 2 is 2.05 bits per heavy atom. The lowest BCUT2D eigenvalue weighted by atomic mass is 10.3. The van der Waals surface area contributed by atoms with Crippen LogP contribution in [0.15, 0.2) is 36.5 Å². The highest BCUT2D eigenvalue weighted by atomic mass is 16.5. The fourth-order valence-corrected chi connectivity index (χ4v) is 1.71. The van der Waals surface area contributed by atoms with Crippen LogP contribution in [0, 0.1) is 0 Å². The lowest BCUT2D eigenvalue weighted by Gasteiger charge is -2.04. The molecule has 0 fully saturated rings. The predicted molar refractivity (Wildman–Crippen MR) is 73.5 cm³/mol. The summed E-state index contributed by atoms with van der Waals surface area (Å²) in [4.78, 5) is 12.0. The molecule has 0 radical (unpaired) electrons. The molecule has 1 heterocycles. The van der Waals surface area contributed by atoms with Crippen LogP contribution in [0.2, 0.25) is 0 Å². The number of rotatable bonds is 5. The molecule has 1 amide bonds. The second-order valence-corrected chi connectivity index (χ2v) is 4.15. The Balaban J connectivity index is 2.02. The number of hydrogen-bond acceptors (Lipinski definition) is 3. The van der Waals surface area contributed by atoms with Crippen LogP contribution < -0.4 is 10.1 Å². The second-order valence-electron chi connectivity index (χ2n) is 4.15. The monoisotopic (exact) mass is 259 g/mol. The van der Waals surface area contributed by atoms with Crippen LogP contribution in [0.25, 0.3) is 0 Å². The summed E-state index contributed by atoms with van der Waals surface area (Å²) >= 11 is 0. The number of nitrogens with zero attached hydrogens (tertiary/aromatic N) is 2. The van der Waals surface area contributed by atoms with Gasteiger partial charge in [-0.3, -0.25) is 9.48 Å². The van der Waals surface area contributed by atoms with E-state index >= 15 is 0 Å². The van der Waals surface area contributed by atoms with Gasteiger partial charge in [0.15, 0.2) is 5.69 Å². The summed E-state index contributed by atoms with van der Waals surface area (Å²) in [6.45, 7) is 2.88. The molecule has 0 aliphatic rings. The third-order valence-electron chi connectivity index (χ3n) is 2.67. The van der Waals surface area contributed by atoms with E-state index in [1.54, 1.807) is 42.1 Å². The van der Waals surface area contributed by atoms with Crippen molar-refractivity contribution >= 4 is 11.6 Å². The van der Waals surface area contributed by atoms with Gasteiger partial charge in [-0.15, -0.1) is 0 Å². The Morgan fingerprint density at radius 3 is 2.68 bits per heavy atom. The molecule has 0 spiro atoms. The first kappa shape index (κ1) is 13.1. The van der Waals surface area contributed by atoms with Crippen molar-refractivity contribution in [2.45, 2.75) is 19.9 Å². The number of anilines is 1. The van der Waals surface area contributed by atoms with Gasteiger partial charge in [-0.05, 0) is 36.8 Å². The van der Waals surface area contributed by atoms with Gasteiger partial charge in [0.2, 0.25) is 0 Å². The molecule has 1 N–H and O–H groups in total. The molecule has 100 valence electrons. The SMILES string of the molecule is CCCn1ccc(C(=O)Nc2ccc(OC)cc2)n1. The summed E-state index contributed by atoms with van der Waals surface area (Å²) in [6, 6.07) is 8.89. The highest BCUT2D eigenvalue weighted by Gasteiger charge is 2.09. The van der Waals surface area contributed by atoms with E-state index in [-0.39, 0.29) is 5.91 Å². The second kappa shape index (κ2) is 6.04. The fourth-order valence-electron chi connectivity index (χ4n) is 1.71. The van der Waals surface area contributed by atoms with E-state index in [9.17, 15) is 4.79 Å². The van der Waals surface area contributed by atoms with E-state index in [0.717, 1.165) is 24.4 Å². The number of aromatic nitrogens is 2. The van der Waals surface area contributed by atoms with Crippen molar-refractivity contribution in [1.29, 1.82) is 0 Å². The van der Waals surface area contributed by atoms with E-state index in [1.807, 2.05) is 6.20 Å². The fraction of sp³-hybridized carbons (Fsp3) is 0.286. The molecule has 0 aliphatic carbocycles. The molecule has 0 aliphatic heterocycles. The van der Waals surface area contributed by atoms with Crippen molar-refractivity contribution in [3.8, 4) is 5.75 Å². The topological polar surface area (TPSA) is 56.2 Å². The van der Waals surface area contributed by atoms with Crippen LogP contribution in [-0.2, 0) is 6.54 Å². The Labute approximate surface area is 112 Å². The molecule has 0 saturated heterocycles. The van der Waals surface area contributed by atoms with Crippen LogP contribution in [-0.4, -0.2) is 22.8 Å². The number of nitrogens with one attached hydrogen (secondary N) is 1. The van der Waals surface area contributed by atoms with Gasteiger partial charge in [0.05, 0.1) is 7.11 Å². The van der Waals surface area contributed by atoms with Gasteiger partial charge in [-0.25, -0.2) is 0 Å². The summed E-state index contributed by atoms with van der Waals surface area (Å²) in [5.74, 6) is 0.547. The highest BCUT2D eigenvalue weighted by molar-refractivity contribution is 6.02. The molecular formula is C14H17N3O2. The zero-order chi connectivity index (χ0) is 13.7. The molecule has 2 rings (SSSR count). The molecule has 1 aromatic carbocycles. The first-order chi connectivity index (χ1) is 9.22. The zero-order valence-corrected chi connectivity index (χ0v) is 11.1. The number of carbonyl (C=O) groups is 1. The van der Waals surface area contributed by atoms with Crippen LogP contribution in [0.1, 0.15) is 23.8 Å². The quantitative estimate of drug-likeness (QED) is 0.897. The van der Waals surface area contributed by atoms with E-state index in [2.05, 4.69) is 17.3 Å². The minimum absolute atomic E-state index is 0.208. The summed E-state index contributed by atoms with van der Waals surface area (Å²) in [5, 5.41) is 7.00. The van der Waals surface area contributed by atoms with Gasteiger partial charge in [0, 0.05) is 18.4 Å². The Morgan fingerprint density at radius 1 is 1.32 bits per heavy atom. The molecule has 2 aromatic rings. The first-order valence-corrected chi connectivity index (χ1v) is 6.22. The predicted octanol–water partition coefficient (Wildman–Crippen LogP) is 2.55. The van der Waals surface area contributed by atoms with Crippen LogP contribution in [0.4, 0.5) is 5.69 Å². The van der Waals surface area contributed by atoms with Gasteiger partial charge in [0.1, 0.15) is 5.75 Å². The number of methoxy groups -OCH3 is 1. The molecule has 5 heteroatoms. The highest BCUT2D eigenvalue weighted by Crippen LogP contribution is 2.15. The maximum atomic E-state index is 12.0. The molecule has 1 aromatic heterocycles. The van der Waals surface area contributed by atoms with Crippen molar-refractivity contribution in [2.24, 2.45) is 0 Å². The van der Waals surface area contributed by atoms with Crippen molar-refractivity contribution in [2.75, 3.05) is 12.4 Å². The molecule has 19 heavy (non-hydrogen) atoms. The van der Waals surface area contributed by atoms with Gasteiger partial charge in [-0.2, -0.15) is 5.10 Å². The minimum atomic E-state index is -0.208. The smallest absolute Gasteiger partial charge is 0.276 e. The average Bonchev–Trinajstić information content (AvgIpc) is 2.89. The van der Waals surface area contributed by atoms with Crippen molar-refractivity contribution in [3.05, 3.63) is 42.2 Å². The molecule has 5 nitrogen and oxygen atoms in total. The molecule has 0 saturated carbocycles. The molecule has 0 atom stereocenters. The van der Waals surface area contributed by atoms with Crippen LogP contribution in [0.3, 0.4) is 0 Å². The number of aryl methyl sites for hydroxylation is 1. The van der Waals surface area contributed by atoms with Gasteiger partial charge < -0.3 is 10.1 Å².